The first-order valence-corrected chi connectivity index (χ1v) is 5.36. The van der Waals surface area contributed by atoms with Gasteiger partial charge in [-0.15, -0.1) is 13.2 Å². The highest BCUT2D eigenvalue weighted by Crippen LogP contribution is 2.27. The molecule has 1 rings (SSSR count). The number of esters is 1. The lowest BCUT2D eigenvalue weighted by Gasteiger charge is -2.17. The highest BCUT2D eigenvalue weighted by atomic mass is 19.4. The fourth-order valence-corrected chi connectivity index (χ4v) is 1.47. The fourth-order valence-electron chi connectivity index (χ4n) is 1.47. The number of aliphatic hydroxyl groups excluding tert-OH is 1. The minimum atomic E-state index is -4.76. The molecule has 19 heavy (non-hydrogen) atoms. The molecule has 2 unspecified atom stereocenters. The van der Waals surface area contributed by atoms with Crippen LogP contribution in [-0.4, -0.2) is 24.5 Å². The standard InChI is InChI=1S/C12H13F3O4/c1-7(11(17)18-2)10(16)8-3-5-9(6-4-8)19-12(13,14)15/h3-7,10,16H,1-2H3. The monoisotopic (exact) mass is 278 g/mol. The number of carbonyl (C=O) groups is 1. The average molecular weight is 278 g/mol. The molecule has 0 saturated carbocycles. The molecule has 7 heteroatoms. The highest BCUT2D eigenvalue weighted by Gasteiger charge is 2.31. The largest absolute Gasteiger partial charge is 0.573 e. The predicted octanol–water partition coefficient (Wildman–Crippen LogP) is 2.43. The van der Waals surface area contributed by atoms with E-state index in [1.54, 1.807) is 0 Å². The van der Waals surface area contributed by atoms with Gasteiger partial charge in [0.15, 0.2) is 0 Å². The van der Waals surface area contributed by atoms with Crippen molar-refractivity contribution in [1.29, 1.82) is 0 Å². The summed E-state index contributed by atoms with van der Waals surface area (Å²) in [6, 6.07) is 4.64. The Labute approximate surface area is 107 Å². The maximum atomic E-state index is 11.9. The second kappa shape index (κ2) is 5.92. The maximum absolute atomic E-state index is 11.9. The van der Waals surface area contributed by atoms with E-state index in [0.717, 1.165) is 12.1 Å². The minimum absolute atomic E-state index is 0.299. The number of hydrogen-bond acceptors (Lipinski definition) is 4. The molecule has 0 aliphatic carbocycles. The van der Waals surface area contributed by atoms with Crippen molar-refractivity contribution >= 4 is 5.97 Å². The zero-order valence-corrected chi connectivity index (χ0v) is 10.3. The predicted molar refractivity (Wildman–Crippen MR) is 59.3 cm³/mol. The highest BCUT2D eigenvalue weighted by molar-refractivity contribution is 5.72. The fraction of sp³-hybridized carbons (Fsp3) is 0.417. The van der Waals surface area contributed by atoms with Crippen molar-refractivity contribution in [1.82, 2.24) is 0 Å². The zero-order chi connectivity index (χ0) is 14.6. The van der Waals surface area contributed by atoms with Crippen LogP contribution in [-0.2, 0) is 9.53 Å². The van der Waals surface area contributed by atoms with E-state index in [4.69, 9.17) is 0 Å². The van der Waals surface area contributed by atoms with E-state index in [2.05, 4.69) is 9.47 Å². The third-order valence-electron chi connectivity index (χ3n) is 2.50. The number of alkyl halides is 3. The SMILES string of the molecule is COC(=O)C(C)C(O)c1ccc(OC(F)(F)F)cc1. The van der Waals surface area contributed by atoms with Crippen molar-refractivity contribution in [3.05, 3.63) is 29.8 Å². The number of aliphatic hydroxyl groups is 1. The summed E-state index contributed by atoms with van der Waals surface area (Å²) in [6.07, 6.45) is -5.92. The van der Waals surface area contributed by atoms with Crippen molar-refractivity contribution in [2.45, 2.75) is 19.4 Å². The molecule has 0 fully saturated rings. The third-order valence-corrected chi connectivity index (χ3v) is 2.50. The lowest BCUT2D eigenvalue weighted by Crippen LogP contribution is -2.20. The first-order chi connectivity index (χ1) is 8.74. The van der Waals surface area contributed by atoms with Crippen LogP contribution < -0.4 is 4.74 Å². The quantitative estimate of drug-likeness (QED) is 0.859. The molecule has 1 N–H and O–H groups in total. The summed E-state index contributed by atoms with van der Waals surface area (Å²) in [5, 5.41) is 9.85. The smallest absolute Gasteiger partial charge is 0.469 e. The van der Waals surface area contributed by atoms with Crippen molar-refractivity contribution in [2.75, 3.05) is 7.11 Å². The number of methoxy groups -OCH3 is 1. The Morgan fingerprint density at radius 2 is 1.79 bits per heavy atom. The van der Waals surface area contributed by atoms with E-state index in [0.29, 0.717) is 5.56 Å². The van der Waals surface area contributed by atoms with Crippen LogP contribution in [0, 0.1) is 5.92 Å². The van der Waals surface area contributed by atoms with Crippen LogP contribution in [0.2, 0.25) is 0 Å². The van der Waals surface area contributed by atoms with Crippen LogP contribution in [0.1, 0.15) is 18.6 Å². The molecule has 0 aliphatic heterocycles. The van der Waals surface area contributed by atoms with E-state index >= 15 is 0 Å². The van der Waals surface area contributed by atoms with Gasteiger partial charge in [-0.2, -0.15) is 0 Å². The second-order valence-corrected chi connectivity index (χ2v) is 3.87. The van der Waals surface area contributed by atoms with Gasteiger partial charge in [-0.25, -0.2) is 0 Å². The van der Waals surface area contributed by atoms with Gasteiger partial charge >= 0.3 is 12.3 Å². The van der Waals surface area contributed by atoms with E-state index in [1.165, 1.54) is 26.2 Å². The van der Waals surface area contributed by atoms with Gasteiger partial charge in [0.25, 0.3) is 0 Å². The topological polar surface area (TPSA) is 55.8 Å². The molecular weight excluding hydrogens is 265 g/mol. The van der Waals surface area contributed by atoms with Crippen LogP contribution in [0.25, 0.3) is 0 Å². The summed E-state index contributed by atoms with van der Waals surface area (Å²) in [6.45, 7) is 1.45. The van der Waals surface area contributed by atoms with Gasteiger partial charge in [-0.3, -0.25) is 4.79 Å². The van der Waals surface area contributed by atoms with Gasteiger partial charge in [-0.05, 0) is 24.6 Å². The van der Waals surface area contributed by atoms with Crippen LogP contribution in [0.15, 0.2) is 24.3 Å². The molecule has 1 aromatic rings. The Morgan fingerprint density at radius 3 is 2.21 bits per heavy atom. The summed E-state index contributed by atoms with van der Waals surface area (Å²) >= 11 is 0. The summed E-state index contributed by atoms with van der Waals surface area (Å²) in [5.41, 5.74) is 0.299. The van der Waals surface area contributed by atoms with E-state index < -0.39 is 30.1 Å². The number of rotatable bonds is 4. The molecule has 0 aromatic heterocycles. The molecule has 0 heterocycles. The third kappa shape index (κ3) is 4.44. The van der Waals surface area contributed by atoms with Gasteiger partial charge < -0.3 is 14.6 Å². The normalized spacial score (nSPS) is 14.6. The van der Waals surface area contributed by atoms with Crippen molar-refractivity contribution in [2.24, 2.45) is 5.92 Å². The van der Waals surface area contributed by atoms with E-state index in [9.17, 15) is 23.1 Å². The Hall–Kier alpha value is -1.76. The summed E-state index contributed by atoms with van der Waals surface area (Å²) in [5.74, 6) is -1.82. The number of benzene rings is 1. The zero-order valence-electron chi connectivity index (χ0n) is 10.3. The summed E-state index contributed by atoms with van der Waals surface area (Å²) in [7, 11) is 1.19. The Kier molecular flexibility index (Phi) is 4.77. The molecule has 0 amide bonds. The molecule has 0 bridgehead atoms. The minimum Gasteiger partial charge on any atom is -0.469 e. The average Bonchev–Trinajstić information content (AvgIpc) is 2.35. The van der Waals surface area contributed by atoms with Crippen LogP contribution in [0.5, 0.6) is 5.75 Å². The first kappa shape index (κ1) is 15.3. The summed E-state index contributed by atoms with van der Waals surface area (Å²) in [4.78, 5) is 11.2. The lowest BCUT2D eigenvalue weighted by molar-refractivity contribution is -0.274. The molecule has 0 saturated heterocycles. The summed E-state index contributed by atoms with van der Waals surface area (Å²) < 4.78 is 44.0. The first-order valence-electron chi connectivity index (χ1n) is 5.36. The molecular formula is C12H13F3O4. The lowest BCUT2D eigenvalue weighted by atomic mass is 9.97. The van der Waals surface area contributed by atoms with Gasteiger partial charge in [0.1, 0.15) is 5.75 Å². The molecule has 1 aromatic carbocycles. The Morgan fingerprint density at radius 1 is 1.26 bits per heavy atom. The van der Waals surface area contributed by atoms with Crippen molar-refractivity contribution in [3.8, 4) is 5.75 Å². The van der Waals surface area contributed by atoms with Crippen LogP contribution in [0.4, 0.5) is 13.2 Å². The molecule has 4 nitrogen and oxygen atoms in total. The van der Waals surface area contributed by atoms with Gasteiger partial charge in [0, 0.05) is 0 Å². The number of halogens is 3. The maximum Gasteiger partial charge on any atom is 0.573 e. The Balaban J connectivity index is 2.78. The number of ether oxygens (including phenoxy) is 2. The van der Waals surface area contributed by atoms with Crippen LogP contribution >= 0.6 is 0 Å². The van der Waals surface area contributed by atoms with E-state index in [-0.39, 0.29) is 0 Å². The Bertz CT molecular complexity index is 428. The van der Waals surface area contributed by atoms with Crippen molar-refractivity contribution < 1.29 is 32.5 Å². The van der Waals surface area contributed by atoms with Gasteiger partial charge in [-0.1, -0.05) is 12.1 Å². The second-order valence-electron chi connectivity index (χ2n) is 3.87. The van der Waals surface area contributed by atoms with Crippen LogP contribution in [0.3, 0.4) is 0 Å². The van der Waals surface area contributed by atoms with E-state index in [1.807, 2.05) is 0 Å². The molecule has 2 atom stereocenters. The number of carbonyl (C=O) groups excluding carboxylic acids is 1. The molecule has 0 radical (unpaired) electrons. The van der Waals surface area contributed by atoms with Gasteiger partial charge in [0.2, 0.25) is 0 Å². The molecule has 106 valence electrons. The number of hydrogen-bond donors (Lipinski definition) is 1. The molecule has 0 spiro atoms. The van der Waals surface area contributed by atoms with Gasteiger partial charge in [0.05, 0.1) is 19.1 Å². The van der Waals surface area contributed by atoms with Crippen molar-refractivity contribution in [3.63, 3.8) is 0 Å². The molecule has 0 aliphatic rings.